The van der Waals surface area contributed by atoms with Crippen LogP contribution < -0.4 is 0 Å². The lowest BCUT2D eigenvalue weighted by Crippen LogP contribution is -2.43. The number of phenolic OH excluding ortho intramolecular Hbond substituents is 3. The first-order valence-electron chi connectivity index (χ1n) is 6.46. The van der Waals surface area contributed by atoms with E-state index in [-0.39, 0.29) is 17.6 Å². The Morgan fingerprint density at radius 2 is 1.65 bits per heavy atom. The molecule has 1 aromatic carbocycles. The number of hydrogen-bond donors (Lipinski definition) is 6. The molecule has 0 unspecified atom stereocenters. The van der Waals surface area contributed by atoms with Crippen LogP contribution in [0.25, 0.3) is 0 Å². The summed E-state index contributed by atoms with van der Waals surface area (Å²) in [6.45, 7) is 0. The molecule has 0 aliphatic heterocycles. The summed E-state index contributed by atoms with van der Waals surface area (Å²) in [6.07, 6.45) is -3.74. The highest BCUT2D eigenvalue weighted by Gasteiger charge is 2.36. The Morgan fingerprint density at radius 1 is 1.09 bits per heavy atom. The van der Waals surface area contributed by atoms with E-state index in [1.807, 2.05) is 0 Å². The molecular weight excluding hydrogens is 312 g/mol. The highest BCUT2D eigenvalue weighted by molar-refractivity contribution is 5.91. The van der Waals surface area contributed by atoms with E-state index >= 15 is 0 Å². The average Bonchev–Trinajstić information content (AvgIpc) is 2.48. The van der Waals surface area contributed by atoms with Crippen LogP contribution in [0.2, 0.25) is 0 Å². The summed E-state index contributed by atoms with van der Waals surface area (Å²) in [5.41, 5.74) is -0.553. The molecule has 0 amide bonds. The zero-order valence-corrected chi connectivity index (χ0v) is 11.6. The number of phenols is 3. The maximum absolute atomic E-state index is 12.0. The molecule has 0 fully saturated rings. The van der Waals surface area contributed by atoms with Gasteiger partial charge < -0.3 is 35.4 Å². The van der Waals surface area contributed by atoms with Crippen molar-refractivity contribution in [1.29, 1.82) is 0 Å². The van der Waals surface area contributed by atoms with Gasteiger partial charge in [-0.3, -0.25) is 0 Å². The van der Waals surface area contributed by atoms with Crippen molar-refractivity contribution in [3.8, 4) is 17.2 Å². The number of aliphatic carboxylic acids is 1. The third-order valence-electron chi connectivity index (χ3n) is 3.36. The van der Waals surface area contributed by atoms with Crippen LogP contribution in [0.3, 0.4) is 0 Å². The van der Waals surface area contributed by atoms with E-state index in [2.05, 4.69) is 0 Å². The Balaban J connectivity index is 2.20. The smallest absolute Gasteiger partial charge is 0.338 e. The lowest BCUT2D eigenvalue weighted by molar-refractivity contribution is -0.134. The summed E-state index contributed by atoms with van der Waals surface area (Å²) in [5, 5.41) is 56.2. The van der Waals surface area contributed by atoms with E-state index in [1.165, 1.54) is 0 Å². The predicted molar refractivity (Wildman–Crippen MR) is 73.0 cm³/mol. The number of aliphatic hydroxyl groups is 2. The van der Waals surface area contributed by atoms with Crippen LogP contribution in [0.5, 0.6) is 17.2 Å². The molecule has 1 aromatic rings. The standard InChI is InChI=1S/C14H14O9/c15-7-2-6(3-8(16)11(7)18)14(22)23-10-4-5(13(20)21)1-9(17)12(10)19/h1-3,9-10,12,15-19H,4H2,(H,20,21)/t9-,10-,12-/m1/s1. The maximum atomic E-state index is 12.0. The van der Waals surface area contributed by atoms with Gasteiger partial charge in [-0.2, -0.15) is 0 Å². The summed E-state index contributed by atoms with van der Waals surface area (Å²) >= 11 is 0. The molecule has 23 heavy (non-hydrogen) atoms. The average molecular weight is 326 g/mol. The van der Waals surface area contributed by atoms with Crippen molar-refractivity contribution < 1.29 is 45.0 Å². The summed E-state index contributed by atoms with van der Waals surface area (Å²) in [6, 6.07) is 1.66. The molecule has 0 heterocycles. The number of rotatable bonds is 3. The first-order valence-corrected chi connectivity index (χ1v) is 6.46. The van der Waals surface area contributed by atoms with Crippen LogP contribution in [-0.4, -0.2) is 60.9 Å². The number of aliphatic hydroxyl groups excluding tert-OH is 2. The molecule has 0 radical (unpaired) electrons. The molecule has 9 heteroatoms. The minimum Gasteiger partial charge on any atom is -0.504 e. The summed E-state index contributed by atoms with van der Waals surface area (Å²) in [7, 11) is 0. The van der Waals surface area contributed by atoms with E-state index in [9.17, 15) is 35.1 Å². The number of carbonyl (C=O) groups is 2. The van der Waals surface area contributed by atoms with Crippen molar-refractivity contribution in [1.82, 2.24) is 0 Å². The lowest BCUT2D eigenvalue weighted by Gasteiger charge is -2.29. The van der Waals surface area contributed by atoms with Gasteiger partial charge in [0.1, 0.15) is 18.3 Å². The van der Waals surface area contributed by atoms with Gasteiger partial charge in [-0.15, -0.1) is 0 Å². The second-order valence-corrected chi connectivity index (χ2v) is 4.99. The summed E-state index contributed by atoms with van der Waals surface area (Å²) in [5.74, 6) is -4.74. The number of esters is 1. The monoisotopic (exact) mass is 326 g/mol. The van der Waals surface area contributed by atoms with Gasteiger partial charge in [0.25, 0.3) is 0 Å². The van der Waals surface area contributed by atoms with E-state index < -0.39 is 47.5 Å². The van der Waals surface area contributed by atoms with Crippen LogP contribution in [0.4, 0.5) is 0 Å². The number of carboxylic acids is 1. The Bertz CT molecular complexity index is 656. The molecule has 6 N–H and O–H groups in total. The molecule has 0 spiro atoms. The fourth-order valence-corrected chi connectivity index (χ4v) is 2.13. The van der Waals surface area contributed by atoms with Gasteiger partial charge in [-0.05, 0) is 18.2 Å². The van der Waals surface area contributed by atoms with Crippen LogP contribution >= 0.6 is 0 Å². The predicted octanol–water partition coefficient (Wildman–Crippen LogP) is -0.535. The van der Waals surface area contributed by atoms with Gasteiger partial charge in [0.15, 0.2) is 17.2 Å². The second-order valence-electron chi connectivity index (χ2n) is 4.99. The number of aromatic hydroxyl groups is 3. The van der Waals surface area contributed by atoms with Crippen molar-refractivity contribution in [2.45, 2.75) is 24.7 Å². The molecular formula is C14H14O9. The maximum Gasteiger partial charge on any atom is 0.338 e. The Kier molecular flexibility index (Phi) is 4.43. The molecule has 1 aliphatic rings. The van der Waals surface area contributed by atoms with Crippen molar-refractivity contribution in [3.63, 3.8) is 0 Å². The normalized spacial score (nSPS) is 23.9. The van der Waals surface area contributed by atoms with Gasteiger partial charge in [0.2, 0.25) is 0 Å². The zero-order chi connectivity index (χ0) is 17.3. The molecule has 0 aromatic heterocycles. The van der Waals surface area contributed by atoms with Gasteiger partial charge in [-0.25, -0.2) is 9.59 Å². The number of hydrogen-bond acceptors (Lipinski definition) is 8. The molecule has 0 saturated heterocycles. The fraction of sp³-hybridized carbons (Fsp3) is 0.286. The Labute approximate surface area is 129 Å². The minimum absolute atomic E-state index is 0.225. The SMILES string of the molecule is O=C(O)C1=C[C@@H](O)[C@@H](O)[C@H](OC(=O)c2cc(O)c(O)c(O)c2)C1. The van der Waals surface area contributed by atoms with Crippen molar-refractivity contribution in [3.05, 3.63) is 29.3 Å². The molecule has 0 bridgehead atoms. The fourth-order valence-electron chi connectivity index (χ4n) is 2.13. The number of carbonyl (C=O) groups excluding carboxylic acids is 1. The highest BCUT2D eigenvalue weighted by atomic mass is 16.6. The van der Waals surface area contributed by atoms with E-state index in [1.54, 1.807) is 0 Å². The minimum atomic E-state index is -1.53. The van der Waals surface area contributed by atoms with Crippen LogP contribution in [0.15, 0.2) is 23.8 Å². The van der Waals surface area contributed by atoms with Gasteiger partial charge in [0.05, 0.1) is 5.56 Å². The Morgan fingerprint density at radius 3 is 2.17 bits per heavy atom. The van der Waals surface area contributed by atoms with Crippen molar-refractivity contribution in [2.75, 3.05) is 0 Å². The zero-order valence-electron chi connectivity index (χ0n) is 11.6. The quantitative estimate of drug-likeness (QED) is 0.316. The van der Waals surface area contributed by atoms with E-state index in [4.69, 9.17) is 9.84 Å². The van der Waals surface area contributed by atoms with E-state index in [0.717, 1.165) is 18.2 Å². The van der Waals surface area contributed by atoms with Gasteiger partial charge >= 0.3 is 11.9 Å². The number of carboxylic acid groups (broad SMARTS) is 1. The number of benzene rings is 1. The summed E-state index contributed by atoms with van der Waals surface area (Å²) < 4.78 is 4.93. The second kappa shape index (κ2) is 6.15. The third-order valence-corrected chi connectivity index (χ3v) is 3.36. The van der Waals surface area contributed by atoms with Crippen molar-refractivity contribution in [2.24, 2.45) is 0 Å². The van der Waals surface area contributed by atoms with Crippen LogP contribution in [0, 0.1) is 0 Å². The molecule has 124 valence electrons. The first kappa shape index (κ1) is 16.6. The molecule has 2 rings (SSSR count). The van der Waals surface area contributed by atoms with Crippen molar-refractivity contribution >= 4 is 11.9 Å². The highest BCUT2D eigenvalue weighted by Crippen LogP contribution is 2.36. The molecule has 1 aliphatic carbocycles. The molecule has 9 nitrogen and oxygen atoms in total. The topological polar surface area (TPSA) is 165 Å². The van der Waals surface area contributed by atoms with Gasteiger partial charge in [-0.1, -0.05) is 0 Å². The third kappa shape index (κ3) is 3.35. The van der Waals surface area contributed by atoms with Crippen LogP contribution in [0.1, 0.15) is 16.8 Å². The first-order chi connectivity index (χ1) is 10.7. The van der Waals surface area contributed by atoms with Crippen LogP contribution in [-0.2, 0) is 9.53 Å². The molecule has 0 saturated carbocycles. The lowest BCUT2D eigenvalue weighted by atomic mass is 9.92. The van der Waals surface area contributed by atoms with E-state index in [0.29, 0.717) is 0 Å². The Hall–Kier alpha value is -2.78. The molecule has 3 atom stereocenters. The summed E-state index contributed by atoms with van der Waals surface area (Å²) in [4.78, 5) is 22.9. The number of ether oxygens (including phenoxy) is 1. The largest absolute Gasteiger partial charge is 0.504 e. The van der Waals surface area contributed by atoms with Gasteiger partial charge in [0, 0.05) is 12.0 Å².